The van der Waals surface area contributed by atoms with Gasteiger partial charge in [-0.05, 0) is 35.9 Å². The van der Waals surface area contributed by atoms with Crippen LogP contribution < -0.4 is 10.1 Å². The van der Waals surface area contributed by atoms with Gasteiger partial charge in [0.15, 0.2) is 5.65 Å². The Hall–Kier alpha value is -3.62. The predicted molar refractivity (Wildman–Crippen MR) is 100 cm³/mol. The normalized spacial score (nSPS) is 11.2. The highest BCUT2D eigenvalue weighted by molar-refractivity contribution is 5.44. The number of alkyl halides is 2. The Kier molecular flexibility index (Phi) is 5.28. The summed E-state index contributed by atoms with van der Waals surface area (Å²) >= 11 is 0. The fourth-order valence-corrected chi connectivity index (χ4v) is 2.71. The van der Waals surface area contributed by atoms with E-state index in [0.717, 1.165) is 10.1 Å². The van der Waals surface area contributed by atoms with E-state index in [4.69, 9.17) is 4.74 Å². The first kappa shape index (κ1) is 18.7. The van der Waals surface area contributed by atoms with Crippen molar-refractivity contribution in [3.8, 4) is 5.75 Å². The second-order valence-corrected chi connectivity index (χ2v) is 6.23. The number of nitrogens with one attached hydrogen (secondary N) is 1. The minimum atomic E-state index is -2.76. The molecule has 2 aromatic heterocycles. The average molecular weight is 399 g/mol. The van der Waals surface area contributed by atoms with E-state index < -0.39 is 12.2 Å². The summed E-state index contributed by atoms with van der Waals surface area (Å²) in [7, 11) is 0. The highest BCUT2D eigenvalue weighted by Gasteiger charge is 2.16. The van der Waals surface area contributed by atoms with Gasteiger partial charge in [0, 0.05) is 12.1 Å². The van der Waals surface area contributed by atoms with Crippen LogP contribution in [0.25, 0.3) is 5.65 Å². The number of anilines is 1. The number of benzene rings is 2. The molecule has 0 fully saturated rings. The Labute approximate surface area is 164 Å². The van der Waals surface area contributed by atoms with Crippen LogP contribution in [0.1, 0.15) is 23.4 Å². The van der Waals surface area contributed by atoms with Gasteiger partial charge in [0.1, 0.15) is 24.0 Å². The van der Waals surface area contributed by atoms with E-state index >= 15 is 0 Å². The molecule has 2 aromatic carbocycles. The van der Waals surface area contributed by atoms with Gasteiger partial charge in [-0.2, -0.15) is 4.52 Å². The van der Waals surface area contributed by atoms with Crippen molar-refractivity contribution in [2.75, 3.05) is 5.32 Å². The van der Waals surface area contributed by atoms with Crippen molar-refractivity contribution in [3.63, 3.8) is 0 Å². The van der Waals surface area contributed by atoms with Crippen LogP contribution in [0.2, 0.25) is 0 Å². The molecule has 2 heterocycles. The number of hydrogen-bond donors (Lipinski definition) is 1. The van der Waals surface area contributed by atoms with E-state index in [1.165, 1.54) is 6.07 Å². The molecule has 29 heavy (non-hydrogen) atoms. The number of ether oxygens (including phenoxy) is 1. The first-order valence-electron chi connectivity index (χ1n) is 8.79. The zero-order valence-corrected chi connectivity index (χ0v) is 15.1. The first-order valence-corrected chi connectivity index (χ1v) is 8.79. The summed E-state index contributed by atoms with van der Waals surface area (Å²) in [6, 6.07) is 16.9. The Balaban J connectivity index is 1.37. The molecule has 0 saturated heterocycles. The third-order valence-corrected chi connectivity index (χ3v) is 4.23. The van der Waals surface area contributed by atoms with Crippen LogP contribution in [-0.4, -0.2) is 19.8 Å². The van der Waals surface area contributed by atoms with Gasteiger partial charge in [-0.1, -0.05) is 30.3 Å². The second kappa shape index (κ2) is 8.17. The van der Waals surface area contributed by atoms with Gasteiger partial charge in [0.2, 0.25) is 5.82 Å². The maximum absolute atomic E-state index is 13.6. The number of rotatable bonds is 7. The van der Waals surface area contributed by atoms with Crippen molar-refractivity contribution < 1.29 is 17.9 Å². The van der Waals surface area contributed by atoms with Gasteiger partial charge < -0.3 is 10.1 Å². The zero-order valence-electron chi connectivity index (χ0n) is 15.1. The summed E-state index contributed by atoms with van der Waals surface area (Å²) < 4.78 is 46.1. The van der Waals surface area contributed by atoms with Crippen molar-refractivity contribution in [1.82, 2.24) is 19.8 Å². The monoisotopic (exact) mass is 399 g/mol. The largest absolute Gasteiger partial charge is 0.489 e. The SMILES string of the molecule is Fc1ccccc1COc1ccc(CNc2ccc3nnc(C(F)F)n3n2)cc1. The summed E-state index contributed by atoms with van der Waals surface area (Å²) in [4.78, 5) is 0. The highest BCUT2D eigenvalue weighted by atomic mass is 19.3. The topological polar surface area (TPSA) is 64.3 Å². The molecule has 0 aliphatic carbocycles. The Morgan fingerprint density at radius 1 is 0.966 bits per heavy atom. The molecular formula is C20H16F3N5O. The number of fused-ring (bicyclic) bond motifs is 1. The number of aromatic nitrogens is 4. The van der Waals surface area contributed by atoms with E-state index in [1.54, 1.807) is 42.5 Å². The van der Waals surface area contributed by atoms with Gasteiger partial charge in [0.05, 0.1) is 0 Å². The number of hydrogen-bond acceptors (Lipinski definition) is 5. The van der Waals surface area contributed by atoms with Crippen LogP contribution >= 0.6 is 0 Å². The molecule has 0 saturated carbocycles. The van der Waals surface area contributed by atoms with Gasteiger partial charge in [-0.3, -0.25) is 0 Å². The van der Waals surface area contributed by atoms with Crippen LogP contribution in [-0.2, 0) is 13.2 Å². The summed E-state index contributed by atoms with van der Waals surface area (Å²) in [6.07, 6.45) is -2.76. The predicted octanol–water partition coefficient (Wildman–Crippen LogP) is 4.39. The lowest BCUT2D eigenvalue weighted by molar-refractivity contribution is 0.137. The van der Waals surface area contributed by atoms with Crippen molar-refractivity contribution >= 4 is 11.5 Å². The quantitative estimate of drug-likeness (QED) is 0.499. The molecular weight excluding hydrogens is 383 g/mol. The molecule has 0 spiro atoms. The summed E-state index contributed by atoms with van der Waals surface area (Å²) in [5.74, 6) is 0.225. The lowest BCUT2D eigenvalue weighted by Crippen LogP contribution is -2.06. The van der Waals surface area contributed by atoms with Crippen LogP contribution in [0.15, 0.2) is 60.7 Å². The summed E-state index contributed by atoms with van der Waals surface area (Å²) in [6.45, 7) is 0.567. The number of halogens is 3. The van der Waals surface area contributed by atoms with E-state index in [0.29, 0.717) is 23.7 Å². The molecule has 0 bridgehead atoms. The minimum absolute atomic E-state index is 0.139. The molecule has 9 heteroatoms. The van der Waals surface area contributed by atoms with Crippen LogP contribution in [0, 0.1) is 5.82 Å². The molecule has 4 rings (SSSR count). The molecule has 0 radical (unpaired) electrons. The lowest BCUT2D eigenvalue weighted by Gasteiger charge is -2.09. The Bertz CT molecular complexity index is 1110. The maximum atomic E-state index is 13.6. The van der Waals surface area contributed by atoms with E-state index in [1.807, 2.05) is 12.1 Å². The van der Waals surface area contributed by atoms with Gasteiger partial charge in [0.25, 0.3) is 6.43 Å². The Morgan fingerprint density at radius 2 is 1.76 bits per heavy atom. The summed E-state index contributed by atoms with van der Waals surface area (Å²) in [5, 5.41) is 14.3. The van der Waals surface area contributed by atoms with E-state index in [9.17, 15) is 13.2 Å². The van der Waals surface area contributed by atoms with Crippen molar-refractivity contribution in [2.45, 2.75) is 19.6 Å². The van der Waals surface area contributed by atoms with Gasteiger partial charge in [-0.25, -0.2) is 13.2 Å². The average Bonchev–Trinajstić information content (AvgIpc) is 3.16. The number of nitrogens with zero attached hydrogens (tertiary/aromatic N) is 4. The molecule has 6 nitrogen and oxygen atoms in total. The third kappa shape index (κ3) is 4.29. The standard InChI is InChI=1S/C20H16F3N5O/c21-16-4-2-1-3-14(16)12-29-15-7-5-13(6-8-15)11-24-17-9-10-18-25-26-20(19(22)23)28(18)27-17/h1-10,19H,11-12H2,(H,24,27). The van der Waals surface area contributed by atoms with Gasteiger partial charge in [-0.15, -0.1) is 15.3 Å². The molecule has 0 atom stereocenters. The molecule has 1 N–H and O–H groups in total. The molecule has 0 unspecified atom stereocenters. The summed E-state index contributed by atoms with van der Waals surface area (Å²) in [5.41, 5.74) is 1.67. The van der Waals surface area contributed by atoms with Gasteiger partial charge >= 0.3 is 0 Å². The molecule has 0 aliphatic heterocycles. The Morgan fingerprint density at radius 3 is 2.52 bits per heavy atom. The maximum Gasteiger partial charge on any atom is 0.299 e. The van der Waals surface area contributed by atoms with Crippen molar-refractivity contribution in [2.24, 2.45) is 0 Å². The molecule has 0 aliphatic rings. The lowest BCUT2D eigenvalue weighted by atomic mass is 10.2. The van der Waals surface area contributed by atoms with Crippen LogP contribution in [0.4, 0.5) is 19.0 Å². The zero-order chi connectivity index (χ0) is 20.2. The fraction of sp³-hybridized carbons (Fsp3) is 0.150. The fourth-order valence-electron chi connectivity index (χ4n) is 2.71. The smallest absolute Gasteiger partial charge is 0.299 e. The molecule has 0 amide bonds. The third-order valence-electron chi connectivity index (χ3n) is 4.23. The van der Waals surface area contributed by atoms with E-state index in [-0.39, 0.29) is 18.1 Å². The molecule has 4 aromatic rings. The first-order chi connectivity index (χ1) is 14.1. The van der Waals surface area contributed by atoms with Crippen LogP contribution in [0.3, 0.4) is 0 Å². The van der Waals surface area contributed by atoms with E-state index in [2.05, 4.69) is 20.6 Å². The molecule has 148 valence electrons. The highest BCUT2D eigenvalue weighted by Crippen LogP contribution is 2.19. The van der Waals surface area contributed by atoms with Crippen LogP contribution in [0.5, 0.6) is 5.75 Å². The van der Waals surface area contributed by atoms with Crippen molar-refractivity contribution in [3.05, 3.63) is 83.4 Å². The van der Waals surface area contributed by atoms with Crippen molar-refractivity contribution in [1.29, 1.82) is 0 Å². The minimum Gasteiger partial charge on any atom is -0.489 e. The second-order valence-electron chi connectivity index (χ2n) is 6.23.